The molecule has 1 heterocycles. The maximum Gasteiger partial charge on any atom is 0.254 e. The van der Waals surface area contributed by atoms with E-state index < -0.39 is 0 Å². The lowest BCUT2D eigenvalue weighted by Gasteiger charge is -2.13. The highest BCUT2D eigenvalue weighted by Gasteiger charge is 2.12. The zero-order valence-electron chi connectivity index (χ0n) is 10.4. The van der Waals surface area contributed by atoms with Gasteiger partial charge in [-0.25, -0.2) is 4.98 Å². The van der Waals surface area contributed by atoms with Crippen LogP contribution in [0.3, 0.4) is 0 Å². The Balaban J connectivity index is 2.46. The number of amides is 1. The number of halogens is 1. The van der Waals surface area contributed by atoms with Gasteiger partial charge in [0.25, 0.3) is 5.91 Å². The average molecular weight is 255 g/mol. The molecule has 0 radical (unpaired) electrons. The Hall–Kier alpha value is -1.09. The molecule has 0 bridgehead atoms. The first kappa shape index (κ1) is 14.0. The Morgan fingerprint density at radius 2 is 2.29 bits per heavy atom. The fourth-order valence-corrected chi connectivity index (χ4v) is 1.83. The van der Waals surface area contributed by atoms with Crippen molar-refractivity contribution in [3.8, 4) is 0 Å². The summed E-state index contributed by atoms with van der Waals surface area (Å²) in [5, 5.41) is 3.19. The smallest absolute Gasteiger partial charge is 0.254 e. The van der Waals surface area contributed by atoms with Gasteiger partial charge in [-0.15, -0.1) is 0 Å². The van der Waals surface area contributed by atoms with E-state index in [0.717, 1.165) is 12.8 Å². The second kappa shape index (κ2) is 7.28. The van der Waals surface area contributed by atoms with Crippen molar-refractivity contribution in [2.75, 3.05) is 0 Å². The van der Waals surface area contributed by atoms with Crippen LogP contribution in [0.1, 0.15) is 49.9 Å². The summed E-state index contributed by atoms with van der Waals surface area (Å²) < 4.78 is 0. The van der Waals surface area contributed by atoms with Crippen molar-refractivity contribution in [1.29, 1.82) is 0 Å². The number of hydrogen-bond donors (Lipinski definition) is 1. The first-order valence-electron chi connectivity index (χ1n) is 6.06. The molecule has 3 nitrogen and oxygen atoms in total. The van der Waals surface area contributed by atoms with Gasteiger partial charge in [0, 0.05) is 12.2 Å². The van der Waals surface area contributed by atoms with Crippen molar-refractivity contribution in [1.82, 2.24) is 10.3 Å². The molecule has 94 valence electrons. The first-order valence-corrected chi connectivity index (χ1v) is 6.44. The van der Waals surface area contributed by atoms with E-state index in [1.165, 1.54) is 12.8 Å². The Kier molecular flexibility index (Phi) is 5.98. The van der Waals surface area contributed by atoms with E-state index >= 15 is 0 Å². The minimum Gasteiger partial charge on any atom is -0.349 e. The minimum atomic E-state index is -0.146. The number of hydrogen-bond acceptors (Lipinski definition) is 2. The number of rotatable bonds is 6. The molecular formula is C13H19ClN2O. The summed E-state index contributed by atoms with van der Waals surface area (Å²) in [4.78, 5) is 15.8. The van der Waals surface area contributed by atoms with Gasteiger partial charge in [0.1, 0.15) is 5.15 Å². The molecule has 0 spiro atoms. The molecule has 17 heavy (non-hydrogen) atoms. The van der Waals surface area contributed by atoms with E-state index in [4.69, 9.17) is 11.6 Å². The standard InChI is InChI=1S/C13H19ClN2O/c1-3-4-5-7-10(2)16-13(17)11-8-6-9-15-12(11)14/h6,8-10H,3-5,7H2,1-2H3,(H,16,17)/t10-/m1/s1. The van der Waals surface area contributed by atoms with Crippen LogP contribution in [0.2, 0.25) is 5.15 Å². The van der Waals surface area contributed by atoms with Gasteiger partial charge in [0.05, 0.1) is 5.56 Å². The molecule has 1 rings (SSSR count). The molecule has 0 fully saturated rings. The number of pyridine rings is 1. The second-order valence-corrected chi connectivity index (χ2v) is 4.57. The number of carbonyl (C=O) groups is 1. The van der Waals surface area contributed by atoms with Gasteiger partial charge in [-0.05, 0) is 25.5 Å². The van der Waals surface area contributed by atoms with Gasteiger partial charge in [-0.1, -0.05) is 37.8 Å². The Labute approximate surface area is 108 Å². The lowest BCUT2D eigenvalue weighted by Crippen LogP contribution is -2.32. The second-order valence-electron chi connectivity index (χ2n) is 4.21. The number of aromatic nitrogens is 1. The number of unbranched alkanes of at least 4 members (excludes halogenated alkanes) is 2. The minimum absolute atomic E-state index is 0.146. The fraction of sp³-hybridized carbons (Fsp3) is 0.538. The molecule has 1 N–H and O–H groups in total. The van der Waals surface area contributed by atoms with Crippen molar-refractivity contribution < 1.29 is 4.79 Å². The molecule has 0 aromatic carbocycles. The normalized spacial score (nSPS) is 12.2. The highest BCUT2D eigenvalue weighted by atomic mass is 35.5. The van der Waals surface area contributed by atoms with Gasteiger partial charge in [-0.2, -0.15) is 0 Å². The van der Waals surface area contributed by atoms with Crippen LogP contribution in [0.15, 0.2) is 18.3 Å². The predicted molar refractivity (Wildman–Crippen MR) is 70.3 cm³/mol. The van der Waals surface area contributed by atoms with Crippen molar-refractivity contribution in [2.45, 2.75) is 45.6 Å². The lowest BCUT2D eigenvalue weighted by molar-refractivity contribution is 0.0937. The Bertz CT molecular complexity index is 368. The van der Waals surface area contributed by atoms with E-state index in [1.807, 2.05) is 6.92 Å². The number of carbonyl (C=O) groups excluding carboxylic acids is 1. The summed E-state index contributed by atoms with van der Waals surface area (Å²) in [7, 11) is 0. The molecule has 1 aromatic heterocycles. The van der Waals surface area contributed by atoms with Crippen LogP contribution in [-0.2, 0) is 0 Å². The summed E-state index contributed by atoms with van der Waals surface area (Å²) in [5.41, 5.74) is 0.441. The molecule has 1 aromatic rings. The average Bonchev–Trinajstić information content (AvgIpc) is 2.29. The van der Waals surface area contributed by atoms with Gasteiger partial charge in [-0.3, -0.25) is 4.79 Å². The zero-order valence-corrected chi connectivity index (χ0v) is 11.1. The molecule has 0 saturated carbocycles. The van der Waals surface area contributed by atoms with Crippen LogP contribution >= 0.6 is 11.6 Å². The Morgan fingerprint density at radius 3 is 2.94 bits per heavy atom. The van der Waals surface area contributed by atoms with E-state index in [9.17, 15) is 4.79 Å². The van der Waals surface area contributed by atoms with Crippen LogP contribution < -0.4 is 5.32 Å². The largest absolute Gasteiger partial charge is 0.349 e. The van der Waals surface area contributed by atoms with E-state index in [-0.39, 0.29) is 17.1 Å². The fourth-order valence-electron chi connectivity index (χ4n) is 1.63. The molecule has 0 saturated heterocycles. The van der Waals surface area contributed by atoms with Crippen LogP contribution in [-0.4, -0.2) is 16.9 Å². The summed E-state index contributed by atoms with van der Waals surface area (Å²) in [6.07, 6.45) is 6.10. The van der Waals surface area contributed by atoms with Gasteiger partial charge in [0.2, 0.25) is 0 Å². The molecule has 4 heteroatoms. The van der Waals surface area contributed by atoms with E-state index in [2.05, 4.69) is 17.2 Å². The zero-order chi connectivity index (χ0) is 12.7. The van der Waals surface area contributed by atoms with Crippen molar-refractivity contribution in [3.63, 3.8) is 0 Å². The Morgan fingerprint density at radius 1 is 1.53 bits per heavy atom. The van der Waals surface area contributed by atoms with E-state index in [0.29, 0.717) is 5.56 Å². The van der Waals surface area contributed by atoms with Gasteiger partial charge in [0.15, 0.2) is 0 Å². The summed E-state index contributed by atoms with van der Waals surface area (Å²) in [5.74, 6) is -0.146. The number of nitrogens with zero attached hydrogens (tertiary/aromatic N) is 1. The van der Waals surface area contributed by atoms with Crippen molar-refractivity contribution >= 4 is 17.5 Å². The molecule has 0 unspecified atom stereocenters. The third-order valence-corrected chi connectivity index (χ3v) is 2.92. The molecule has 1 amide bonds. The summed E-state index contributed by atoms with van der Waals surface area (Å²) in [6.45, 7) is 4.18. The predicted octanol–water partition coefficient (Wildman–Crippen LogP) is 3.43. The summed E-state index contributed by atoms with van der Waals surface area (Å²) in [6, 6.07) is 3.57. The van der Waals surface area contributed by atoms with Crippen molar-refractivity contribution in [3.05, 3.63) is 29.0 Å². The summed E-state index contributed by atoms with van der Waals surface area (Å²) >= 11 is 5.86. The van der Waals surface area contributed by atoms with Crippen LogP contribution in [0, 0.1) is 0 Å². The molecule has 0 aliphatic rings. The monoisotopic (exact) mass is 254 g/mol. The topological polar surface area (TPSA) is 42.0 Å². The van der Waals surface area contributed by atoms with Crippen LogP contribution in [0.25, 0.3) is 0 Å². The highest BCUT2D eigenvalue weighted by molar-refractivity contribution is 6.32. The third-order valence-electron chi connectivity index (χ3n) is 2.62. The molecule has 0 aliphatic carbocycles. The maximum atomic E-state index is 11.9. The first-order chi connectivity index (χ1) is 8.15. The SMILES string of the molecule is CCCCC[C@@H](C)NC(=O)c1cccnc1Cl. The van der Waals surface area contributed by atoms with Gasteiger partial charge >= 0.3 is 0 Å². The highest BCUT2D eigenvalue weighted by Crippen LogP contribution is 2.12. The van der Waals surface area contributed by atoms with Crippen LogP contribution in [0.4, 0.5) is 0 Å². The molecular weight excluding hydrogens is 236 g/mol. The van der Waals surface area contributed by atoms with E-state index in [1.54, 1.807) is 18.3 Å². The third kappa shape index (κ3) is 4.73. The maximum absolute atomic E-state index is 11.9. The van der Waals surface area contributed by atoms with Crippen LogP contribution in [0.5, 0.6) is 0 Å². The van der Waals surface area contributed by atoms with Crippen molar-refractivity contribution in [2.24, 2.45) is 0 Å². The van der Waals surface area contributed by atoms with Gasteiger partial charge < -0.3 is 5.32 Å². The number of nitrogens with one attached hydrogen (secondary N) is 1. The molecule has 0 aliphatic heterocycles. The quantitative estimate of drug-likeness (QED) is 0.624. The molecule has 1 atom stereocenters. The lowest BCUT2D eigenvalue weighted by atomic mass is 10.1.